The fourth-order valence-electron chi connectivity index (χ4n) is 2.49. The molecule has 2 N–H and O–H groups in total. The Balaban J connectivity index is 1.83. The van der Waals surface area contributed by atoms with Crippen LogP contribution in [0.2, 0.25) is 0 Å². The summed E-state index contributed by atoms with van der Waals surface area (Å²) in [6, 6.07) is 9.92. The van der Waals surface area contributed by atoms with Crippen molar-refractivity contribution in [2.45, 2.75) is 6.92 Å². The molecule has 26 heavy (non-hydrogen) atoms. The topological polar surface area (TPSA) is 91.5 Å². The Morgan fingerprint density at radius 2 is 2.04 bits per heavy atom. The lowest BCUT2D eigenvalue weighted by Gasteiger charge is -2.10. The Hall–Kier alpha value is -3.66. The van der Waals surface area contributed by atoms with E-state index in [9.17, 15) is 0 Å². The van der Waals surface area contributed by atoms with E-state index in [4.69, 9.17) is 5.26 Å². The second kappa shape index (κ2) is 7.49. The molecule has 0 fully saturated rings. The fraction of sp³-hybridized carbons (Fsp3) is 0.158. The number of nitriles is 1. The second-order valence-corrected chi connectivity index (χ2v) is 5.82. The highest BCUT2D eigenvalue weighted by Gasteiger charge is 2.08. The molecule has 0 aliphatic carbocycles. The minimum atomic E-state index is 0.231. The monoisotopic (exact) mass is 345 g/mol. The average molecular weight is 345 g/mol. The van der Waals surface area contributed by atoms with E-state index in [1.807, 2.05) is 50.5 Å². The van der Waals surface area contributed by atoms with Crippen LogP contribution in [0.25, 0.3) is 17.0 Å². The normalized spacial score (nSPS) is 10.2. The molecule has 0 unspecified atom stereocenters. The minimum absolute atomic E-state index is 0.231. The van der Waals surface area contributed by atoms with E-state index >= 15 is 0 Å². The average Bonchev–Trinajstić information content (AvgIpc) is 3.06. The molecule has 0 spiro atoms. The van der Waals surface area contributed by atoms with Gasteiger partial charge in [0.15, 0.2) is 0 Å². The molecular formula is C19H19N7. The van der Waals surface area contributed by atoms with Gasteiger partial charge in [-0.25, -0.2) is 9.97 Å². The molecule has 0 bridgehead atoms. The number of nitrogens with one attached hydrogen (secondary N) is 2. The molecular weight excluding hydrogens is 326 g/mol. The van der Waals surface area contributed by atoms with Crippen molar-refractivity contribution in [3.8, 4) is 17.3 Å². The van der Waals surface area contributed by atoms with Gasteiger partial charge in [-0.2, -0.15) is 10.4 Å². The zero-order valence-corrected chi connectivity index (χ0v) is 14.7. The van der Waals surface area contributed by atoms with Gasteiger partial charge in [0.1, 0.15) is 6.54 Å². The van der Waals surface area contributed by atoms with E-state index in [2.05, 4.69) is 32.3 Å². The number of hydrogen-bond acceptors (Lipinski definition) is 6. The summed E-state index contributed by atoms with van der Waals surface area (Å²) in [4.78, 5) is 8.97. The predicted molar refractivity (Wildman–Crippen MR) is 101 cm³/mol. The molecule has 0 saturated heterocycles. The summed E-state index contributed by atoms with van der Waals surface area (Å²) >= 11 is 0. The smallest absolute Gasteiger partial charge is 0.227 e. The summed E-state index contributed by atoms with van der Waals surface area (Å²) in [5.41, 5.74) is 5.30. The standard InChI is InChI=1S/C19H19N7/c1-13-10-22-19(24-17-11-23-26(3)12-17)25-18(13)16-6-4-15(5-7-16)14(2)21-9-8-20/h4-7,10-12,21H,2,9H2,1,3H3,(H,22,24,25). The van der Waals surface area contributed by atoms with E-state index in [-0.39, 0.29) is 6.54 Å². The van der Waals surface area contributed by atoms with Crippen LogP contribution in [-0.2, 0) is 7.05 Å². The largest absolute Gasteiger partial charge is 0.372 e. The zero-order chi connectivity index (χ0) is 18.5. The number of aryl methyl sites for hydroxylation is 2. The molecule has 2 aromatic heterocycles. The number of hydrogen-bond donors (Lipinski definition) is 2. The van der Waals surface area contributed by atoms with Crippen LogP contribution >= 0.6 is 0 Å². The van der Waals surface area contributed by atoms with Crippen molar-refractivity contribution in [3.63, 3.8) is 0 Å². The van der Waals surface area contributed by atoms with E-state index in [0.29, 0.717) is 5.95 Å². The molecule has 0 aliphatic heterocycles. The molecule has 2 heterocycles. The molecule has 7 nitrogen and oxygen atoms in total. The van der Waals surface area contributed by atoms with Gasteiger partial charge in [0, 0.05) is 30.7 Å². The van der Waals surface area contributed by atoms with Gasteiger partial charge in [0.25, 0.3) is 0 Å². The lowest BCUT2D eigenvalue weighted by Crippen LogP contribution is -2.10. The molecule has 0 atom stereocenters. The van der Waals surface area contributed by atoms with Crippen molar-refractivity contribution in [3.05, 3.63) is 60.6 Å². The fourth-order valence-corrected chi connectivity index (χ4v) is 2.49. The van der Waals surface area contributed by atoms with Crippen LogP contribution in [0.4, 0.5) is 11.6 Å². The van der Waals surface area contributed by atoms with Crippen LogP contribution in [0.3, 0.4) is 0 Å². The molecule has 7 heteroatoms. The first-order valence-electron chi connectivity index (χ1n) is 8.06. The number of aromatic nitrogens is 4. The van der Waals surface area contributed by atoms with Crippen molar-refractivity contribution in [2.75, 3.05) is 11.9 Å². The Morgan fingerprint density at radius 1 is 1.27 bits per heavy atom. The molecule has 1 aromatic carbocycles. The van der Waals surface area contributed by atoms with Gasteiger partial charge in [-0.1, -0.05) is 30.8 Å². The highest BCUT2D eigenvalue weighted by atomic mass is 15.3. The first-order chi connectivity index (χ1) is 12.6. The van der Waals surface area contributed by atoms with Crippen LogP contribution in [0.1, 0.15) is 11.1 Å². The molecule has 0 saturated carbocycles. The predicted octanol–water partition coefficient (Wildman–Crippen LogP) is 3.01. The van der Waals surface area contributed by atoms with Crippen molar-refractivity contribution in [1.29, 1.82) is 5.26 Å². The quantitative estimate of drug-likeness (QED) is 0.667. The molecule has 0 radical (unpaired) electrons. The number of benzene rings is 1. The summed E-state index contributed by atoms with van der Waals surface area (Å²) in [6.07, 6.45) is 5.37. The van der Waals surface area contributed by atoms with Crippen LogP contribution in [-0.4, -0.2) is 26.3 Å². The zero-order valence-electron chi connectivity index (χ0n) is 14.7. The number of nitrogens with zero attached hydrogens (tertiary/aromatic N) is 5. The molecule has 0 amide bonds. The van der Waals surface area contributed by atoms with Crippen molar-refractivity contribution >= 4 is 17.3 Å². The van der Waals surface area contributed by atoms with E-state index in [1.165, 1.54) is 0 Å². The summed E-state index contributed by atoms with van der Waals surface area (Å²) in [7, 11) is 1.85. The Labute approximate surface area is 152 Å². The van der Waals surface area contributed by atoms with Gasteiger partial charge in [-0.15, -0.1) is 0 Å². The van der Waals surface area contributed by atoms with E-state index in [1.54, 1.807) is 17.1 Å². The van der Waals surface area contributed by atoms with Crippen LogP contribution in [0.5, 0.6) is 0 Å². The van der Waals surface area contributed by atoms with Gasteiger partial charge in [-0.3, -0.25) is 4.68 Å². The Bertz CT molecular complexity index is 964. The van der Waals surface area contributed by atoms with Crippen molar-refractivity contribution in [2.24, 2.45) is 7.05 Å². The summed E-state index contributed by atoms with van der Waals surface area (Å²) < 4.78 is 1.71. The maximum Gasteiger partial charge on any atom is 0.227 e. The molecule has 0 aliphatic rings. The molecule has 3 rings (SSSR count). The number of anilines is 2. The highest BCUT2D eigenvalue weighted by molar-refractivity contribution is 5.69. The van der Waals surface area contributed by atoms with Gasteiger partial charge < -0.3 is 10.6 Å². The Kier molecular flexibility index (Phi) is 4.94. The summed E-state index contributed by atoms with van der Waals surface area (Å²) in [5.74, 6) is 0.516. The first kappa shape index (κ1) is 17.2. The lowest BCUT2D eigenvalue weighted by atomic mass is 10.0. The van der Waals surface area contributed by atoms with Gasteiger partial charge in [0.05, 0.1) is 23.6 Å². The van der Waals surface area contributed by atoms with Gasteiger partial charge in [0.2, 0.25) is 5.95 Å². The number of rotatable bonds is 6. The third kappa shape index (κ3) is 3.87. The maximum atomic E-state index is 8.64. The van der Waals surface area contributed by atoms with Gasteiger partial charge in [-0.05, 0) is 18.1 Å². The first-order valence-corrected chi connectivity index (χ1v) is 8.06. The van der Waals surface area contributed by atoms with Gasteiger partial charge >= 0.3 is 0 Å². The lowest BCUT2D eigenvalue weighted by molar-refractivity contribution is 0.768. The minimum Gasteiger partial charge on any atom is -0.372 e. The summed E-state index contributed by atoms with van der Waals surface area (Å²) in [6.45, 7) is 6.15. The van der Waals surface area contributed by atoms with Crippen molar-refractivity contribution in [1.82, 2.24) is 25.1 Å². The second-order valence-electron chi connectivity index (χ2n) is 5.82. The third-order valence-electron chi connectivity index (χ3n) is 3.82. The van der Waals surface area contributed by atoms with Crippen LogP contribution in [0.15, 0.2) is 49.4 Å². The van der Waals surface area contributed by atoms with Crippen LogP contribution in [0, 0.1) is 18.3 Å². The Morgan fingerprint density at radius 3 is 2.69 bits per heavy atom. The highest BCUT2D eigenvalue weighted by Crippen LogP contribution is 2.24. The third-order valence-corrected chi connectivity index (χ3v) is 3.82. The maximum absolute atomic E-state index is 8.64. The molecule has 3 aromatic rings. The van der Waals surface area contributed by atoms with E-state index in [0.717, 1.165) is 33.8 Å². The molecule has 130 valence electrons. The van der Waals surface area contributed by atoms with Crippen LogP contribution < -0.4 is 10.6 Å². The van der Waals surface area contributed by atoms with E-state index < -0.39 is 0 Å². The summed E-state index contributed by atoms with van der Waals surface area (Å²) in [5, 5.41) is 18.9. The van der Waals surface area contributed by atoms with Crippen molar-refractivity contribution < 1.29 is 0 Å². The SMILES string of the molecule is C=C(NCC#N)c1ccc(-c2nc(Nc3cnn(C)c3)ncc2C)cc1.